The number of nitrogens with one attached hydrogen (secondary N) is 2. The molecule has 1 aliphatic heterocycles. The van der Waals surface area contributed by atoms with E-state index in [2.05, 4.69) is 44.7 Å². The fourth-order valence-electron chi connectivity index (χ4n) is 3.64. The number of hydrogen-bond donors (Lipinski definition) is 2. The van der Waals surface area contributed by atoms with Crippen LogP contribution in [0, 0.1) is 18.7 Å². The van der Waals surface area contributed by atoms with Crippen molar-refractivity contribution in [2.45, 2.75) is 46.3 Å². The lowest BCUT2D eigenvalue weighted by molar-refractivity contribution is 0.176. The Morgan fingerprint density at radius 2 is 2.03 bits per heavy atom. The number of halogens is 1. The van der Waals surface area contributed by atoms with E-state index in [1.54, 1.807) is 23.5 Å². The number of piperidine rings is 1. The lowest BCUT2D eigenvalue weighted by Gasteiger charge is -2.31. The summed E-state index contributed by atoms with van der Waals surface area (Å²) in [5.74, 6) is 1.85. The van der Waals surface area contributed by atoms with Crippen LogP contribution in [0.3, 0.4) is 0 Å². The van der Waals surface area contributed by atoms with E-state index in [1.165, 1.54) is 30.7 Å². The maximum Gasteiger partial charge on any atom is 0.191 e. The first-order chi connectivity index (χ1) is 15.0. The van der Waals surface area contributed by atoms with Crippen molar-refractivity contribution >= 4 is 17.3 Å². The van der Waals surface area contributed by atoms with Gasteiger partial charge in [0.2, 0.25) is 0 Å². The number of ether oxygens (including phenoxy) is 1. The Hall–Kier alpha value is -2.19. The lowest BCUT2D eigenvalue weighted by atomic mass is 9.97. The van der Waals surface area contributed by atoms with Gasteiger partial charge in [0.25, 0.3) is 0 Å². The average molecular weight is 448 g/mol. The highest BCUT2D eigenvalue weighted by Gasteiger charge is 2.20. The fourth-order valence-corrected chi connectivity index (χ4v) is 4.25. The van der Waals surface area contributed by atoms with Crippen molar-refractivity contribution in [1.29, 1.82) is 0 Å². The average Bonchev–Trinajstić information content (AvgIpc) is 3.17. The van der Waals surface area contributed by atoms with Crippen molar-refractivity contribution in [2.75, 3.05) is 32.7 Å². The molecular formula is C23H34FN5OS. The van der Waals surface area contributed by atoms with E-state index in [4.69, 9.17) is 4.74 Å². The number of hydrogen-bond acceptors (Lipinski definition) is 5. The van der Waals surface area contributed by atoms with E-state index in [0.717, 1.165) is 43.7 Å². The molecule has 1 aliphatic rings. The zero-order valence-corrected chi connectivity index (χ0v) is 19.6. The quantitative estimate of drug-likeness (QED) is 0.452. The molecule has 0 amide bonds. The minimum Gasteiger partial charge on any atom is -0.489 e. The summed E-state index contributed by atoms with van der Waals surface area (Å²) in [7, 11) is 0. The Labute approximate surface area is 188 Å². The molecule has 1 atom stereocenters. The van der Waals surface area contributed by atoms with Crippen molar-refractivity contribution in [3.05, 3.63) is 46.2 Å². The van der Waals surface area contributed by atoms with Crippen molar-refractivity contribution in [1.82, 2.24) is 20.5 Å². The Morgan fingerprint density at radius 3 is 2.68 bits per heavy atom. The highest BCUT2D eigenvalue weighted by molar-refractivity contribution is 7.09. The summed E-state index contributed by atoms with van der Waals surface area (Å²) in [6, 6.07) is 6.09. The van der Waals surface area contributed by atoms with Gasteiger partial charge in [-0.1, -0.05) is 0 Å². The van der Waals surface area contributed by atoms with Crippen molar-refractivity contribution in [2.24, 2.45) is 10.9 Å². The smallest absolute Gasteiger partial charge is 0.191 e. The summed E-state index contributed by atoms with van der Waals surface area (Å²) in [4.78, 5) is 11.7. The number of aliphatic imine (C=N–C) groups is 1. The van der Waals surface area contributed by atoms with E-state index in [-0.39, 0.29) is 11.9 Å². The number of rotatable bonds is 9. The number of aryl methyl sites for hydroxylation is 1. The van der Waals surface area contributed by atoms with Gasteiger partial charge in [0.05, 0.1) is 17.2 Å². The molecule has 170 valence electrons. The standard InChI is InChI=1S/C23H34FN5OS/c1-4-25-23(26-13-17(2)30-22-7-5-20(24)6-8-22)27-14-19-9-11-29(12-10-19)15-21-16-31-18(3)28-21/h5-8,16-17,19H,4,9-15H2,1-3H3,(H2,25,26,27). The van der Waals surface area contributed by atoms with Gasteiger partial charge in [-0.3, -0.25) is 4.90 Å². The molecule has 0 spiro atoms. The van der Waals surface area contributed by atoms with Crippen molar-refractivity contribution < 1.29 is 9.13 Å². The summed E-state index contributed by atoms with van der Waals surface area (Å²) in [6.45, 7) is 11.5. The molecule has 1 aromatic heterocycles. The highest BCUT2D eigenvalue weighted by Crippen LogP contribution is 2.19. The Morgan fingerprint density at radius 1 is 1.29 bits per heavy atom. The topological polar surface area (TPSA) is 61.8 Å². The first-order valence-electron chi connectivity index (χ1n) is 11.1. The predicted molar refractivity (Wildman–Crippen MR) is 125 cm³/mol. The SMILES string of the molecule is CCNC(=NCC(C)Oc1ccc(F)cc1)NCC1CCN(Cc2csc(C)n2)CC1. The minimum atomic E-state index is -0.263. The molecule has 0 radical (unpaired) electrons. The molecule has 2 heterocycles. The fraction of sp³-hybridized carbons (Fsp3) is 0.565. The van der Waals surface area contributed by atoms with Gasteiger partial charge in [0.15, 0.2) is 5.96 Å². The molecule has 6 nitrogen and oxygen atoms in total. The summed E-state index contributed by atoms with van der Waals surface area (Å²) in [6.07, 6.45) is 2.26. The third-order valence-electron chi connectivity index (χ3n) is 5.32. The van der Waals surface area contributed by atoms with Crippen molar-refractivity contribution in [3.8, 4) is 5.75 Å². The molecule has 3 rings (SSSR count). The molecule has 1 fully saturated rings. The molecule has 2 N–H and O–H groups in total. The van der Waals surface area contributed by atoms with Crippen LogP contribution in [0.1, 0.15) is 37.4 Å². The molecule has 0 saturated carbocycles. The molecule has 0 aliphatic carbocycles. The molecule has 1 aromatic carbocycles. The largest absolute Gasteiger partial charge is 0.489 e. The molecule has 8 heteroatoms. The molecule has 1 unspecified atom stereocenters. The van der Waals surface area contributed by atoms with Gasteiger partial charge >= 0.3 is 0 Å². The van der Waals surface area contributed by atoms with Gasteiger partial charge in [-0.2, -0.15) is 0 Å². The number of thiazole rings is 1. The lowest BCUT2D eigenvalue weighted by Crippen LogP contribution is -2.43. The van der Waals surface area contributed by atoms with E-state index < -0.39 is 0 Å². The van der Waals surface area contributed by atoms with Crippen LogP contribution in [0.25, 0.3) is 0 Å². The Balaban J connectivity index is 1.39. The van der Waals surface area contributed by atoms with Gasteiger partial charge in [-0.05, 0) is 76.9 Å². The second-order valence-corrected chi connectivity index (χ2v) is 9.12. The number of benzene rings is 1. The molecule has 1 saturated heterocycles. The van der Waals surface area contributed by atoms with Crippen LogP contribution >= 0.6 is 11.3 Å². The summed E-state index contributed by atoms with van der Waals surface area (Å²) >= 11 is 1.72. The van der Waals surface area contributed by atoms with Crippen LogP contribution in [-0.4, -0.2) is 54.7 Å². The second kappa shape index (κ2) is 12.0. The van der Waals surface area contributed by atoms with Gasteiger partial charge in [0, 0.05) is 25.0 Å². The van der Waals surface area contributed by atoms with Crippen molar-refractivity contribution in [3.63, 3.8) is 0 Å². The number of nitrogens with zero attached hydrogens (tertiary/aromatic N) is 3. The van der Waals surface area contributed by atoms with Gasteiger partial charge in [-0.15, -0.1) is 11.3 Å². The van der Waals surface area contributed by atoms with Crippen LogP contribution in [0.15, 0.2) is 34.6 Å². The van der Waals surface area contributed by atoms with E-state index in [0.29, 0.717) is 18.2 Å². The molecule has 0 bridgehead atoms. The maximum atomic E-state index is 13.0. The number of guanidine groups is 1. The number of aromatic nitrogens is 1. The van der Waals surface area contributed by atoms with Crippen LogP contribution < -0.4 is 15.4 Å². The zero-order chi connectivity index (χ0) is 22.1. The maximum absolute atomic E-state index is 13.0. The zero-order valence-electron chi connectivity index (χ0n) is 18.7. The summed E-state index contributed by atoms with van der Waals surface area (Å²) in [5.41, 5.74) is 1.19. The van der Waals surface area contributed by atoms with Gasteiger partial charge in [0.1, 0.15) is 17.7 Å². The summed E-state index contributed by atoms with van der Waals surface area (Å²) < 4.78 is 18.8. The van der Waals surface area contributed by atoms with Gasteiger partial charge < -0.3 is 15.4 Å². The molecule has 31 heavy (non-hydrogen) atoms. The first-order valence-corrected chi connectivity index (χ1v) is 12.0. The normalized spacial score (nSPS) is 16.8. The van der Waals surface area contributed by atoms with Crippen LogP contribution in [0.2, 0.25) is 0 Å². The summed E-state index contributed by atoms with van der Waals surface area (Å²) in [5, 5.41) is 10.1. The van der Waals surface area contributed by atoms with Gasteiger partial charge in [-0.25, -0.2) is 14.4 Å². The predicted octanol–water partition coefficient (Wildman–Crippen LogP) is 3.83. The molecular weight excluding hydrogens is 413 g/mol. The van der Waals surface area contributed by atoms with E-state index in [9.17, 15) is 4.39 Å². The second-order valence-electron chi connectivity index (χ2n) is 8.06. The number of likely N-dealkylation sites (tertiary alicyclic amines) is 1. The first kappa shape index (κ1) is 23.5. The van der Waals surface area contributed by atoms with E-state index in [1.807, 2.05) is 6.92 Å². The van der Waals surface area contributed by atoms with Crippen LogP contribution in [0.4, 0.5) is 4.39 Å². The minimum absolute atomic E-state index is 0.0986. The van der Waals surface area contributed by atoms with Crippen LogP contribution in [0.5, 0.6) is 5.75 Å². The monoisotopic (exact) mass is 447 g/mol. The third-order valence-corrected chi connectivity index (χ3v) is 6.14. The van der Waals surface area contributed by atoms with E-state index >= 15 is 0 Å². The molecule has 2 aromatic rings. The Kier molecular flexibility index (Phi) is 9.09. The highest BCUT2D eigenvalue weighted by atomic mass is 32.1. The third kappa shape index (κ3) is 8.10. The van der Waals surface area contributed by atoms with Crippen LogP contribution in [-0.2, 0) is 6.54 Å². The Bertz CT molecular complexity index is 818.